The first-order valence-electron chi connectivity index (χ1n) is 10.1. The zero-order valence-corrected chi connectivity index (χ0v) is 18.6. The number of hydrogen-bond acceptors (Lipinski definition) is 5. The third-order valence-electron chi connectivity index (χ3n) is 5.30. The van der Waals surface area contributed by atoms with E-state index in [2.05, 4.69) is 38.0 Å². The van der Waals surface area contributed by atoms with Gasteiger partial charge < -0.3 is 5.32 Å². The Morgan fingerprint density at radius 3 is 2.75 bits per heavy atom. The van der Waals surface area contributed by atoms with Gasteiger partial charge in [-0.05, 0) is 73.7 Å². The molecule has 0 radical (unpaired) electrons. The molecule has 160 valence electrons. The van der Waals surface area contributed by atoms with Gasteiger partial charge in [0.25, 0.3) is 5.91 Å². The summed E-state index contributed by atoms with van der Waals surface area (Å²) < 4.78 is 0. The molecule has 7 heteroatoms. The quantitative estimate of drug-likeness (QED) is 0.418. The summed E-state index contributed by atoms with van der Waals surface area (Å²) in [4.78, 5) is 29.9. The number of aromatic nitrogens is 3. The molecule has 1 N–H and O–H groups in total. The van der Waals surface area contributed by atoms with Gasteiger partial charge in [-0.25, -0.2) is 9.98 Å². The predicted molar refractivity (Wildman–Crippen MR) is 128 cm³/mol. The van der Waals surface area contributed by atoms with Gasteiger partial charge in [0, 0.05) is 52.7 Å². The van der Waals surface area contributed by atoms with Crippen LogP contribution in [-0.2, 0) is 13.0 Å². The molecule has 0 atom stereocenters. The molecule has 0 saturated carbocycles. The van der Waals surface area contributed by atoms with Gasteiger partial charge in [0.2, 0.25) is 0 Å². The van der Waals surface area contributed by atoms with Crippen LogP contribution < -0.4 is 5.32 Å². The van der Waals surface area contributed by atoms with E-state index in [-0.39, 0.29) is 5.91 Å². The second-order valence-corrected chi connectivity index (χ2v) is 8.03. The maximum absolute atomic E-state index is 12.8. The van der Waals surface area contributed by atoms with Crippen molar-refractivity contribution in [3.8, 4) is 0 Å². The number of nitrogens with one attached hydrogen (secondary N) is 1. The lowest BCUT2D eigenvalue weighted by atomic mass is 10.1. The highest BCUT2D eigenvalue weighted by Crippen LogP contribution is 2.20. The van der Waals surface area contributed by atoms with Crippen LogP contribution in [0.2, 0.25) is 5.02 Å². The van der Waals surface area contributed by atoms with E-state index in [0.29, 0.717) is 29.4 Å². The molecule has 0 unspecified atom stereocenters. The van der Waals surface area contributed by atoms with Crippen LogP contribution in [-0.4, -0.2) is 27.6 Å². The molecule has 0 saturated heterocycles. The lowest BCUT2D eigenvalue weighted by Gasteiger charge is -2.12. The first-order chi connectivity index (χ1) is 15.4. The Labute approximate surface area is 191 Å². The highest BCUT2D eigenvalue weighted by atomic mass is 35.5. The molecule has 0 fully saturated rings. The fraction of sp³-hybridized carbons (Fsp3) is 0.160. The molecule has 0 aliphatic heterocycles. The first-order valence-corrected chi connectivity index (χ1v) is 10.5. The summed E-state index contributed by atoms with van der Waals surface area (Å²) in [6, 6.07) is 13.1. The van der Waals surface area contributed by atoms with Crippen LogP contribution in [0, 0.1) is 13.8 Å². The van der Waals surface area contributed by atoms with Gasteiger partial charge in [0.1, 0.15) is 0 Å². The van der Waals surface area contributed by atoms with Gasteiger partial charge >= 0.3 is 0 Å². The number of fused-ring (bicyclic) bond motifs is 1. The lowest BCUT2D eigenvalue weighted by molar-refractivity contribution is 0.0950. The summed E-state index contributed by atoms with van der Waals surface area (Å²) in [5.74, 6) is 0.421. The minimum absolute atomic E-state index is 0.162. The number of pyridine rings is 3. The third-order valence-corrected chi connectivity index (χ3v) is 5.53. The van der Waals surface area contributed by atoms with Crippen molar-refractivity contribution >= 4 is 40.9 Å². The van der Waals surface area contributed by atoms with Crippen LogP contribution in [0.15, 0.2) is 59.9 Å². The van der Waals surface area contributed by atoms with Gasteiger partial charge in [-0.3, -0.25) is 14.8 Å². The zero-order chi connectivity index (χ0) is 22.7. The van der Waals surface area contributed by atoms with E-state index in [0.717, 1.165) is 39.0 Å². The summed E-state index contributed by atoms with van der Waals surface area (Å²) in [5.41, 5.74) is 6.03. The zero-order valence-electron chi connectivity index (χ0n) is 17.9. The van der Waals surface area contributed by atoms with Gasteiger partial charge in [-0.15, -0.1) is 0 Å². The van der Waals surface area contributed by atoms with Crippen molar-refractivity contribution in [1.82, 2.24) is 20.3 Å². The van der Waals surface area contributed by atoms with Crippen LogP contribution >= 0.6 is 11.6 Å². The van der Waals surface area contributed by atoms with Gasteiger partial charge in [0.15, 0.2) is 5.82 Å². The fourth-order valence-electron chi connectivity index (χ4n) is 3.62. The molecule has 32 heavy (non-hydrogen) atoms. The third kappa shape index (κ3) is 4.81. The van der Waals surface area contributed by atoms with Crippen molar-refractivity contribution in [2.75, 3.05) is 0 Å². The molecule has 0 aliphatic rings. The summed E-state index contributed by atoms with van der Waals surface area (Å²) in [6.45, 7) is 7.78. The van der Waals surface area contributed by atoms with Crippen LogP contribution in [0.1, 0.15) is 38.4 Å². The van der Waals surface area contributed by atoms with Crippen molar-refractivity contribution in [2.45, 2.75) is 26.8 Å². The molecule has 1 aromatic carbocycles. The average molecular weight is 444 g/mol. The number of aryl methyl sites for hydroxylation is 2. The molecule has 4 aromatic rings. The molecule has 0 bridgehead atoms. The Bertz CT molecular complexity index is 1310. The molecule has 4 rings (SSSR count). The number of aliphatic imine (C=N–C) groups is 1. The average Bonchev–Trinajstić information content (AvgIpc) is 2.78. The Kier molecular flexibility index (Phi) is 6.23. The van der Waals surface area contributed by atoms with E-state index in [9.17, 15) is 4.79 Å². The number of carbonyl (C=O) groups excluding carboxylic acids is 1. The number of rotatable bonds is 6. The first kappa shape index (κ1) is 21.6. The van der Waals surface area contributed by atoms with E-state index < -0.39 is 0 Å². The van der Waals surface area contributed by atoms with Crippen molar-refractivity contribution in [3.05, 3.63) is 93.5 Å². The number of carbonyl (C=O) groups is 1. The van der Waals surface area contributed by atoms with E-state index >= 15 is 0 Å². The minimum Gasteiger partial charge on any atom is -0.348 e. The van der Waals surface area contributed by atoms with Gasteiger partial charge in [-0.2, -0.15) is 0 Å². The lowest BCUT2D eigenvalue weighted by Crippen LogP contribution is -2.24. The minimum atomic E-state index is -0.162. The van der Waals surface area contributed by atoms with Crippen LogP contribution in [0.3, 0.4) is 0 Å². The molecule has 0 spiro atoms. The molecule has 1 amide bonds. The number of benzene rings is 1. The van der Waals surface area contributed by atoms with E-state index in [4.69, 9.17) is 11.6 Å². The van der Waals surface area contributed by atoms with Gasteiger partial charge in [-0.1, -0.05) is 17.7 Å². The second-order valence-electron chi connectivity index (χ2n) is 7.60. The molecular weight excluding hydrogens is 422 g/mol. The molecule has 3 aromatic heterocycles. The molecule has 0 aliphatic carbocycles. The summed E-state index contributed by atoms with van der Waals surface area (Å²) >= 11 is 6.03. The summed E-state index contributed by atoms with van der Waals surface area (Å²) in [6.07, 6.45) is 4.04. The Morgan fingerprint density at radius 2 is 1.97 bits per heavy atom. The summed E-state index contributed by atoms with van der Waals surface area (Å²) in [7, 11) is 0. The normalized spacial score (nSPS) is 10.8. The molecule has 6 nitrogen and oxygen atoms in total. The highest BCUT2D eigenvalue weighted by molar-refractivity contribution is 6.31. The largest absolute Gasteiger partial charge is 0.348 e. The molecule has 3 heterocycles. The van der Waals surface area contributed by atoms with Crippen molar-refractivity contribution in [1.29, 1.82) is 0 Å². The smallest absolute Gasteiger partial charge is 0.251 e. The number of nitrogens with zero attached hydrogens (tertiary/aromatic N) is 4. The van der Waals surface area contributed by atoms with E-state index in [1.54, 1.807) is 12.3 Å². The van der Waals surface area contributed by atoms with E-state index in [1.165, 1.54) is 0 Å². The van der Waals surface area contributed by atoms with Crippen molar-refractivity contribution in [2.24, 2.45) is 4.99 Å². The monoisotopic (exact) mass is 443 g/mol. The maximum atomic E-state index is 12.8. The van der Waals surface area contributed by atoms with Crippen LogP contribution in [0.5, 0.6) is 0 Å². The highest BCUT2D eigenvalue weighted by Gasteiger charge is 2.11. The predicted octanol–water partition coefficient (Wildman–Crippen LogP) is 5.15. The molecular formula is C25H22ClN5O. The van der Waals surface area contributed by atoms with Crippen LogP contribution in [0.25, 0.3) is 10.9 Å². The SMILES string of the molecule is C=Nc1cc(C)c(CNC(=O)c2ccnc(Cc3cnc4cc(Cl)ccc4c3)c2)c(C)n1. The Morgan fingerprint density at radius 1 is 1.12 bits per heavy atom. The van der Waals surface area contributed by atoms with E-state index in [1.807, 2.05) is 50.4 Å². The Balaban J connectivity index is 1.47. The maximum Gasteiger partial charge on any atom is 0.251 e. The van der Waals surface area contributed by atoms with Crippen molar-refractivity contribution in [3.63, 3.8) is 0 Å². The second kappa shape index (κ2) is 9.24. The standard InChI is InChI=1S/C25H22ClN5O/c1-15-8-24(27-3)31-16(2)22(15)14-30-25(32)19-6-7-28-21(11-19)10-17-9-18-4-5-20(26)12-23(18)29-13-17/h4-9,11-13H,3,10,14H2,1-2H3,(H,30,32). The fourth-order valence-corrected chi connectivity index (χ4v) is 3.79. The topological polar surface area (TPSA) is 80.1 Å². The van der Waals surface area contributed by atoms with Crippen molar-refractivity contribution < 1.29 is 4.79 Å². The Hall–Kier alpha value is -3.64. The summed E-state index contributed by atoms with van der Waals surface area (Å²) in [5, 5.41) is 4.65. The number of amides is 1. The van der Waals surface area contributed by atoms with Gasteiger partial charge in [0.05, 0.1) is 5.52 Å². The van der Waals surface area contributed by atoms with Crippen LogP contribution in [0.4, 0.5) is 5.82 Å². The number of halogens is 1. The number of hydrogen-bond donors (Lipinski definition) is 1.